The van der Waals surface area contributed by atoms with Crippen molar-refractivity contribution in [1.82, 2.24) is 40.8 Å². The zero-order valence-corrected chi connectivity index (χ0v) is 40.2. The Hall–Kier alpha value is -6.74. The lowest BCUT2D eigenvalue weighted by Gasteiger charge is -2.39. The third-order valence-electron chi connectivity index (χ3n) is 12.9. The Morgan fingerprint density at radius 1 is 1.01 bits per heavy atom. The largest absolute Gasteiger partial charge is 0.481 e. The molecule has 0 spiro atoms. The molecule has 4 aliphatic rings. The van der Waals surface area contributed by atoms with E-state index in [4.69, 9.17) is 26.7 Å². The molecule has 5 heterocycles. The number of carbonyl (C=O) groups excluding carboxylic acids is 6. The zero-order valence-electron chi connectivity index (χ0n) is 38.6. The van der Waals surface area contributed by atoms with Gasteiger partial charge in [-0.05, 0) is 44.6 Å². The average Bonchev–Trinajstić information content (AvgIpc) is 3.95. The number of hydrogen-bond acceptors (Lipinski definition) is 20. The number of allylic oxidation sites excluding steroid dienone is 2. The maximum Gasteiger partial charge on any atom is 0.404 e. The number of aromatic amines is 1. The fourth-order valence-electron chi connectivity index (χ4n) is 9.17. The monoisotopic (exact) mass is 1020 g/mol. The molecule has 2 fully saturated rings. The van der Waals surface area contributed by atoms with Gasteiger partial charge in [0, 0.05) is 72.9 Å². The number of fused-ring (bicyclic) bond motifs is 5. The molecule has 378 valence electrons. The number of ether oxygens (including phenoxy) is 2. The maximum absolute atomic E-state index is 14.1. The van der Waals surface area contributed by atoms with Crippen molar-refractivity contribution in [2.24, 2.45) is 23.3 Å². The van der Waals surface area contributed by atoms with Crippen LogP contribution in [0.5, 0.6) is 0 Å². The molecule has 1 aliphatic carbocycles. The number of nitrogens with zero attached hydrogens (tertiary/aromatic N) is 4. The van der Waals surface area contributed by atoms with E-state index in [0.29, 0.717) is 48.4 Å². The minimum absolute atomic E-state index is 0.0560. The Morgan fingerprint density at radius 2 is 1.76 bits per heavy atom. The van der Waals surface area contributed by atoms with Crippen LogP contribution in [0.2, 0.25) is 0 Å². The van der Waals surface area contributed by atoms with Gasteiger partial charge in [0.2, 0.25) is 23.5 Å². The molecule has 7 rings (SSSR count). The molecule has 0 saturated carbocycles. The minimum atomic E-state index is -1.35. The number of Topliss-reactive ketones (excluding diaryl/α,β-unsaturated/α-hetero) is 3. The number of carboxylic acids is 2. The highest BCUT2D eigenvalue weighted by Gasteiger charge is 2.72. The summed E-state index contributed by atoms with van der Waals surface area (Å²) in [4.78, 5) is 131. The molecular weight excluding hydrogens is 967 g/mol. The number of nitrogens with one attached hydrogen (secondary N) is 4. The number of hydrogen-bond donors (Lipinski definition) is 9. The first-order chi connectivity index (χ1) is 33.8. The highest BCUT2D eigenvalue weighted by Crippen LogP contribution is 2.56. The molecule has 7 atom stereocenters. The Morgan fingerprint density at radius 3 is 2.45 bits per heavy atom. The first-order valence-corrected chi connectivity index (χ1v) is 25.0. The van der Waals surface area contributed by atoms with Crippen LogP contribution in [0.15, 0.2) is 57.7 Å². The van der Waals surface area contributed by atoms with Gasteiger partial charge < -0.3 is 57.7 Å². The summed E-state index contributed by atoms with van der Waals surface area (Å²) in [5, 5.41) is 27.8. The zero-order chi connectivity index (χ0) is 51.3. The second-order valence-corrected chi connectivity index (χ2v) is 20.1. The van der Waals surface area contributed by atoms with E-state index in [0.717, 1.165) is 16.4 Å². The highest BCUT2D eigenvalue weighted by atomic mass is 33.1. The van der Waals surface area contributed by atoms with Crippen LogP contribution in [-0.2, 0) is 51.1 Å². The summed E-state index contributed by atoms with van der Waals surface area (Å²) in [5.74, 6) is -6.78. The van der Waals surface area contributed by atoms with Crippen LogP contribution in [0.3, 0.4) is 0 Å². The van der Waals surface area contributed by atoms with Gasteiger partial charge in [-0.25, -0.2) is 19.6 Å². The van der Waals surface area contributed by atoms with Crippen molar-refractivity contribution in [3.63, 3.8) is 0 Å². The van der Waals surface area contributed by atoms with Crippen LogP contribution in [0, 0.1) is 11.8 Å². The van der Waals surface area contributed by atoms with Crippen LogP contribution in [-0.4, -0.2) is 150 Å². The maximum atomic E-state index is 14.1. The third kappa shape index (κ3) is 11.4. The van der Waals surface area contributed by atoms with Crippen LogP contribution >= 0.6 is 21.6 Å². The minimum Gasteiger partial charge on any atom is -0.481 e. The van der Waals surface area contributed by atoms with E-state index < -0.39 is 70.8 Å². The van der Waals surface area contributed by atoms with Crippen molar-refractivity contribution in [1.29, 1.82) is 0 Å². The summed E-state index contributed by atoms with van der Waals surface area (Å²) in [5.41, 5.74) is 18.2. The number of H-pyrrole nitrogens is 1. The van der Waals surface area contributed by atoms with E-state index in [9.17, 15) is 53.4 Å². The fraction of sp³-hybridized carbons (Fsp3) is 0.467. The lowest BCUT2D eigenvalue weighted by Crippen LogP contribution is -2.55. The summed E-state index contributed by atoms with van der Waals surface area (Å²) >= 11 is 0. The number of methoxy groups -OCH3 is 1. The van der Waals surface area contributed by atoms with Gasteiger partial charge in [-0.3, -0.25) is 38.5 Å². The van der Waals surface area contributed by atoms with Gasteiger partial charge in [0.05, 0.1) is 35.5 Å². The number of piperazine rings is 1. The predicted molar refractivity (Wildman–Crippen MR) is 256 cm³/mol. The number of primary amides is 1. The van der Waals surface area contributed by atoms with Crippen molar-refractivity contribution < 1.29 is 58.0 Å². The van der Waals surface area contributed by atoms with E-state index >= 15 is 0 Å². The van der Waals surface area contributed by atoms with Crippen molar-refractivity contribution in [2.75, 3.05) is 44.0 Å². The Labute approximate surface area is 412 Å². The van der Waals surface area contributed by atoms with E-state index in [1.807, 2.05) is 4.90 Å². The Bertz CT molecular complexity index is 2790. The highest BCUT2D eigenvalue weighted by molar-refractivity contribution is 8.76. The van der Waals surface area contributed by atoms with Gasteiger partial charge >= 0.3 is 18.0 Å². The summed E-state index contributed by atoms with van der Waals surface area (Å²) in [7, 11) is 3.96. The molecular formula is C45H53N11O13S2. The molecule has 26 heteroatoms. The molecule has 24 nitrogen and oxygen atoms in total. The number of carboxylic acid groups (broad SMARTS) is 2. The molecule has 12 N–H and O–H groups in total. The molecule has 1 aromatic carbocycles. The molecule has 2 saturated heterocycles. The number of carbonyl (C=O) groups is 8. The number of nitrogen functional groups attached to an aromatic ring is 1. The first-order valence-electron chi connectivity index (χ1n) is 22.5. The Kier molecular flexibility index (Phi) is 16.2. The number of amides is 3. The summed E-state index contributed by atoms with van der Waals surface area (Å²) < 4.78 is 11.2. The smallest absolute Gasteiger partial charge is 0.404 e. The summed E-state index contributed by atoms with van der Waals surface area (Å²) in [6.45, 7) is 1.42. The number of aliphatic carboxylic acids is 2. The van der Waals surface area contributed by atoms with Crippen molar-refractivity contribution >= 4 is 85.9 Å². The predicted octanol–water partition coefficient (Wildman–Crippen LogP) is -0.245. The van der Waals surface area contributed by atoms with E-state index in [-0.39, 0.29) is 102 Å². The summed E-state index contributed by atoms with van der Waals surface area (Å²) in [6.07, 6.45) is 1.23. The molecule has 71 heavy (non-hydrogen) atoms. The fourth-order valence-corrected chi connectivity index (χ4v) is 11.4. The molecule has 0 radical (unpaired) electrons. The van der Waals surface area contributed by atoms with Crippen LogP contribution in [0.4, 0.5) is 10.7 Å². The number of nitrogens with two attached hydrogens (primary N) is 3. The second kappa shape index (κ2) is 22.1. The molecule has 3 amide bonds. The molecule has 3 aliphatic heterocycles. The molecule has 2 unspecified atom stereocenters. The van der Waals surface area contributed by atoms with Gasteiger partial charge in [0.25, 0.3) is 5.56 Å². The molecule has 0 bridgehead atoms. The third-order valence-corrected chi connectivity index (χ3v) is 15.4. The normalized spacial score (nSPS) is 21.3. The van der Waals surface area contributed by atoms with E-state index in [1.54, 1.807) is 31.2 Å². The van der Waals surface area contributed by atoms with Crippen molar-refractivity contribution in [2.45, 2.75) is 81.8 Å². The lowest BCUT2D eigenvalue weighted by molar-refractivity contribution is -0.142. The number of rotatable bonds is 25. The molecule has 2 aromatic heterocycles. The van der Waals surface area contributed by atoms with Crippen LogP contribution < -0.4 is 38.7 Å². The van der Waals surface area contributed by atoms with Crippen molar-refractivity contribution in [3.8, 4) is 0 Å². The van der Waals surface area contributed by atoms with Gasteiger partial charge in [-0.2, -0.15) is 4.98 Å². The van der Waals surface area contributed by atoms with Crippen molar-refractivity contribution in [3.05, 3.63) is 80.1 Å². The summed E-state index contributed by atoms with van der Waals surface area (Å²) in [6, 6.07) is 3.77. The van der Waals surface area contributed by atoms with Gasteiger partial charge in [-0.1, -0.05) is 45.9 Å². The number of aryl methyl sites for hydroxylation is 2. The number of ketones is 3. The SMILES string of the molecule is CO[C@]12C3NC3CN1C1=C(C(=O)C(CCCSSC[C@H](NC(=O)[C@@H](N)CNC(=O)CC[C@@H](CC(=O)c3ccc(CCc4cnc5nc(N)[nH]c(=O)c5n4)cc3)C(=O)O)C(=O)O)=C(C)C1=O)[C@H]2COC(N)=O. The second-order valence-electron chi connectivity index (χ2n) is 17.4. The van der Waals surface area contributed by atoms with Crippen LogP contribution in [0.1, 0.15) is 60.6 Å². The van der Waals surface area contributed by atoms with Crippen LogP contribution in [0.25, 0.3) is 11.2 Å². The average molecular weight is 1020 g/mol. The van der Waals surface area contributed by atoms with E-state index in [1.165, 1.54) is 24.1 Å². The standard InChI is InChI=1S/C45H53N11O13S2/c1-20-25(36(60)32-26(18-69-44(48)67)45(68-2)37-28(52-37)17-56(45)34(32)35(20)59)4-3-13-70-71-19-29(42(65)66)53-39(61)27(46)16-49-31(58)12-10-23(41(63)64)14-30(57)22-8-5-21(6-9-22)7-11-24-15-50-38-33(51-24)40(62)55-43(47)54-38/h5-6,8-9,15,23,26-29,37,52H,3-4,7,10-14,16-19,46H2,1-2H3,(H2,48,67)(H,49,58)(H,53,61)(H,63,64)(H,65,66)(H3,47,50,54,55,62)/t23-,26+,27-,28?,29-,37?,45+/m0/s1. The number of anilines is 1. The Balaban J connectivity index is 0.803. The number of benzene rings is 1. The quantitative estimate of drug-likeness (QED) is 0.0174. The van der Waals surface area contributed by atoms with Gasteiger partial charge in [0.1, 0.15) is 18.7 Å². The first kappa shape index (κ1) is 52.1. The van der Waals surface area contributed by atoms with E-state index in [2.05, 4.69) is 35.9 Å². The number of aromatic nitrogens is 4. The van der Waals surface area contributed by atoms with Gasteiger partial charge in [-0.15, -0.1) is 0 Å². The topological polar surface area (TPSA) is 394 Å². The lowest BCUT2D eigenvalue weighted by atomic mass is 9.79. The van der Waals surface area contributed by atoms with Gasteiger partial charge in [0.15, 0.2) is 28.5 Å². The molecule has 3 aromatic rings.